The van der Waals surface area contributed by atoms with Crippen molar-refractivity contribution in [1.29, 1.82) is 5.41 Å². The first kappa shape index (κ1) is 24.5. The Morgan fingerprint density at radius 1 is 1.23 bits per heavy atom. The smallest absolute Gasteiger partial charge is 0.313 e. The topological polar surface area (TPSA) is 139 Å². The zero-order valence-corrected chi connectivity index (χ0v) is 19.3. The zero-order chi connectivity index (χ0) is 24.6. The van der Waals surface area contributed by atoms with Gasteiger partial charge in [0.1, 0.15) is 31.3 Å². The molecule has 4 rings (SSSR count). The molecule has 0 unspecified atom stereocenters. The molecule has 1 aromatic carbocycles. The van der Waals surface area contributed by atoms with E-state index in [-0.39, 0.29) is 24.4 Å². The molecular formula is C23H28FN7O4. The lowest BCUT2D eigenvalue weighted by Crippen LogP contribution is -2.48. The normalized spacial score (nSPS) is 15.9. The number of halogens is 1. The summed E-state index contributed by atoms with van der Waals surface area (Å²) in [6.45, 7) is 5.62. The van der Waals surface area contributed by atoms with Crippen LogP contribution in [0, 0.1) is 11.2 Å². The van der Waals surface area contributed by atoms with Crippen LogP contribution in [0.15, 0.2) is 35.7 Å². The summed E-state index contributed by atoms with van der Waals surface area (Å²) in [7, 11) is 0. The zero-order valence-electron chi connectivity index (χ0n) is 19.3. The van der Waals surface area contributed by atoms with Gasteiger partial charge in [0.05, 0.1) is 32.0 Å². The van der Waals surface area contributed by atoms with E-state index in [4.69, 9.17) is 25.5 Å². The average Bonchev–Trinajstić information content (AvgIpc) is 2.83. The van der Waals surface area contributed by atoms with Crippen LogP contribution in [0.25, 0.3) is 11.1 Å². The molecule has 0 radical (unpaired) electrons. The average molecular weight is 486 g/mol. The van der Waals surface area contributed by atoms with Crippen LogP contribution in [-0.2, 0) is 25.7 Å². The minimum absolute atomic E-state index is 0.209. The summed E-state index contributed by atoms with van der Waals surface area (Å²) >= 11 is 0. The van der Waals surface area contributed by atoms with Gasteiger partial charge < -0.3 is 24.9 Å². The van der Waals surface area contributed by atoms with Crippen LogP contribution >= 0.6 is 0 Å². The molecular weight excluding hydrogens is 457 g/mol. The van der Waals surface area contributed by atoms with E-state index in [1.165, 1.54) is 6.07 Å². The number of nitrogens with two attached hydrogens (primary N) is 1. The van der Waals surface area contributed by atoms with Crippen molar-refractivity contribution in [3.63, 3.8) is 0 Å². The van der Waals surface area contributed by atoms with E-state index in [2.05, 4.69) is 20.0 Å². The maximum absolute atomic E-state index is 15.0. The van der Waals surface area contributed by atoms with Crippen molar-refractivity contribution in [3.05, 3.63) is 42.0 Å². The summed E-state index contributed by atoms with van der Waals surface area (Å²) in [5.41, 5.74) is 7.10. The Morgan fingerprint density at radius 2 is 1.97 bits per heavy atom. The van der Waals surface area contributed by atoms with Gasteiger partial charge in [-0.2, -0.15) is 0 Å². The molecule has 0 aliphatic carbocycles. The summed E-state index contributed by atoms with van der Waals surface area (Å²) in [5.74, 6) is -0.990. The fourth-order valence-corrected chi connectivity index (χ4v) is 3.63. The molecule has 0 saturated carbocycles. The van der Waals surface area contributed by atoms with Crippen LogP contribution in [0.4, 0.5) is 10.3 Å². The van der Waals surface area contributed by atoms with Crippen molar-refractivity contribution < 1.29 is 23.5 Å². The quantitative estimate of drug-likeness (QED) is 0.167. The molecule has 2 saturated heterocycles. The number of nitrogens with one attached hydrogen (secondary N) is 1. The Labute approximate surface area is 202 Å². The maximum atomic E-state index is 15.0. The van der Waals surface area contributed by atoms with E-state index in [9.17, 15) is 9.18 Å². The molecule has 3 heterocycles. The monoisotopic (exact) mass is 485 g/mol. The molecule has 2 fully saturated rings. The Bertz CT molecular complexity index is 1070. The number of benzene rings is 1. The number of esters is 1. The Kier molecular flexibility index (Phi) is 8.16. The number of hydrogen-bond acceptors (Lipinski definition) is 10. The highest BCUT2D eigenvalue weighted by molar-refractivity contribution is 5.98. The minimum atomic E-state index is -0.685. The summed E-state index contributed by atoms with van der Waals surface area (Å²) in [5, 5.41) is 11.3. The van der Waals surface area contributed by atoms with E-state index in [0.717, 1.165) is 38.6 Å². The van der Waals surface area contributed by atoms with Gasteiger partial charge in [-0.1, -0.05) is 23.4 Å². The van der Waals surface area contributed by atoms with Crippen molar-refractivity contribution in [2.75, 3.05) is 57.4 Å². The summed E-state index contributed by atoms with van der Waals surface area (Å²) in [4.78, 5) is 29.9. The molecule has 0 spiro atoms. The first-order valence-electron chi connectivity index (χ1n) is 11.3. The predicted molar refractivity (Wildman–Crippen MR) is 127 cm³/mol. The van der Waals surface area contributed by atoms with E-state index < -0.39 is 11.8 Å². The van der Waals surface area contributed by atoms with Crippen LogP contribution in [0.2, 0.25) is 0 Å². The van der Waals surface area contributed by atoms with Gasteiger partial charge in [0, 0.05) is 48.7 Å². The highest BCUT2D eigenvalue weighted by Crippen LogP contribution is 2.26. The van der Waals surface area contributed by atoms with Gasteiger partial charge in [-0.25, -0.2) is 14.4 Å². The number of carbonyl (C=O) groups excluding carboxylic acids is 1. The van der Waals surface area contributed by atoms with Gasteiger partial charge in [-0.3, -0.25) is 15.1 Å². The van der Waals surface area contributed by atoms with Gasteiger partial charge in [0.15, 0.2) is 0 Å². The number of rotatable bonds is 10. The third-order valence-corrected chi connectivity index (χ3v) is 5.58. The first-order chi connectivity index (χ1) is 17.0. The molecule has 2 aromatic rings. The molecule has 2 aliphatic heterocycles. The van der Waals surface area contributed by atoms with Crippen LogP contribution in [0.5, 0.6) is 0 Å². The van der Waals surface area contributed by atoms with Gasteiger partial charge in [0.2, 0.25) is 5.95 Å². The summed E-state index contributed by atoms with van der Waals surface area (Å²) in [6.07, 6.45) is 2.78. The van der Waals surface area contributed by atoms with E-state index in [1.54, 1.807) is 24.5 Å². The van der Waals surface area contributed by atoms with Crippen LogP contribution in [0.1, 0.15) is 12.0 Å². The fraction of sp³-hybridized carbons (Fsp3) is 0.435. The maximum Gasteiger partial charge on any atom is 0.313 e. The van der Waals surface area contributed by atoms with Crippen molar-refractivity contribution >= 4 is 23.5 Å². The Morgan fingerprint density at radius 3 is 2.69 bits per heavy atom. The summed E-state index contributed by atoms with van der Waals surface area (Å²) < 4.78 is 25.3. The SMILES string of the molecule is N=C(N)CC(=O)OCc1cccc(-c2cnc(N3CC(=NOCCN4CCOCC4)C3)nc2)c1F. The van der Waals surface area contributed by atoms with Crippen molar-refractivity contribution in [2.45, 2.75) is 13.0 Å². The lowest BCUT2D eigenvalue weighted by atomic mass is 10.1. The molecule has 11 nitrogen and oxygen atoms in total. The lowest BCUT2D eigenvalue weighted by Gasteiger charge is -2.32. The predicted octanol–water partition coefficient (Wildman–Crippen LogP) is 1.18. The number of amidine groups is 1. The van der Waals surface area contributed by atoms with Gasteiger partial charge in [0.25, 0.3) is 0 Å². The molecule has 0 atom stereocenters. The molecule has 0 bridgehead atoms. The number of hydrogen-bond donors (Lipinski definition) is 2. The number of oxime groups is 1. The lowest BCUT2D eigenvalue weighted by molar-refractivity contribution is -0.143. The minimum Gasteiger partial charge on any atom is -0.460 e. The molecule has 2 aliphatic rings. The van der Waals surface area contributed by atoms with E-state index >= 15 is 0 Å². The van der Waals surface area contributed by atoms with Crippen LogP contribution < -0.4 is 10.6 Å². The number of anilines is 1. The number of nitrogens with zero attached hydrogens (tertiary/aromatic N) is 5. The van der Waals surface area contributed by atoms with Crippen molar-refractivity contribution in [2.24, 2.45) is 10.9 Å². The van der Waals surface area contributed by atoms with E-state index in [0.29, 0.717) is 36.8 Å². The first-order valence-corrected chi connectivity index (χ1v) is 11.3. The fourth-order valence-electron chi connectivity index (χ4n) is 3.63. The second-order valence-electron chi connectivity index (χ2n) is 8.21. The number of ether oxygens (including phenoxy) is 2. The number of aromatic nitrogens is 2. The van der Waals surface area contributed by atoms with Gasteiger partial charge in [-0.15, -0.1) is 0 Å². The second-order valence-corrected chi connectivity index (χ2v) is 8.21. The summed E-state index contributed by atoms with van der Waals surface area (Å²) in [6, 6.07) is 4.80. The molecule has 3 N–H and O–H groups in total. The van der Waals surface area contributed by atoms with Crippen molar-refractivity contribution in [3.8, 4) is 11.1 Å². The third kappa shape index (κ3) is 6.70. The van der Waals surface area contributed by atoms with Gasteiger partial charge >= 0.3 is 5.97 Å². The second kappa shape index (κ2) is 11.7. The molecule has 12 heteroatoms. The third-order valence-electron chi connectivity index (χ3n) is 5.58. The van der Waals surface area contributed by atoms with Crippen LogP contribution in [-0.4, -0.2) is 84.9 Å². The molecule has 1 aromatic heterocycles. The molecule has 0 amide bonds. The molecule has 35 heavy (non-hydrogen) atoms. The number of carbonyl (C=O) groups is 1. The standard InChI is InChI=1S/C23H28FN7O4/c24-22-16(15-34-21(32)10-20(25)26)2-1-3-19(22)17-11-27-23(28-12-17)31-13-18(14-31)29-35-9-6-30-4-7-33-8-5-30/h1-3,11-12H,4-10,13-15H2,(H3,25,26). The van der Waals surface area contributed by atoms with Gasteiger partial charge in [-0.05, 0) is 0 Å². The highest BCUT2D eigenvalue weighted by atomic mass is 19.1. The largest absolute Gasteiger partial charge is 0.460 e. The van der Waals surface area contributed by atoms with E-state index in [1.807, 2.05) is 4.90 Å². The Balaban J connectivity index is 1.27. The molecule has 186 valence electrons. The highest BCUT2D eigenvalue weighted by Gasteiger charge is 2.25. The van der Waals surface area contributed by atoms with Crippen molar-refractivity contribution in [1.82, 2.24) is 14.9 Å². The number of morpholine rings is 1. The Hall–Kier alpha value is -3.64. The van der Waals surface area contributed by atoms with Crippen LogP contribution in [0.3, 0.4) is 0 Å².